The van der Waals surface area contributed by atoms with Gasteiger partial charge in [0.2, 0.25) is 5.78 Å². The number of nitrogens with zero attached hydrogens (tertiary/aromatic N) is 1. The SMILES string of the molecule is CON1C(=O)c2cc(Br)ccc2C1(O)C(=O)c1ccccc1. The van der Waals surface area contributed by atoms with Gasteiger partial charge in [0.15, 0.2) is 0 Å². The second-order valence-corrected chi connectivity index (χ2v) is 5.76. The van der Waals surface area contributed by atoms with E-state index in [1.54, 1.807) is 42.5 Å². The minimum Gasteiger partial charge on any atom is -0.359 e. The summed E-state index contributed by atoms with van der Waals surface area (Å²) < 4.78 is 0.673. The van der Waals surface area contributed by atoms with E-state index in [9.17, 15) is 14.7 Å². The van der Waals surface area contributed by atoms with E-state index in [1.807, 2.05) is 0 Å². The van der Waals surface area contributed by atoms with Crippen LogP contribution in [-0.4, -0.2) is 29.0 Å². The number of hydrogen-bond donors (Lipinski definition) is 1. The van der Waals surface area contributed by atoms with Crippen molar-refractivity contribution in [2.24, 2.45) is 0 Å². The highest BCUT2D eigenvalue weighted by Crippen LogP contribution is 2.40. The standard InChI is InChI=1S/C16H12BrNO4/c1-22-18-15(20)12-9-11(17)7-8-13(12)16(18,21)14(19)10-5-3-2-4-6-10/h2-9,21H,1H3. The topological polar surface area (TPSA) is 66.8 Å². The van der Waals surface area contributed by atoms with Crippen molar-refractivity contribution in [3.8, 4) is 0 Å². The average Bonchev–Trinajstić information content (AvgIpc) is 2.75. The fourth-order valence-electron chi connectivity index (χ4n) is 2.58. The molecule has 0 radical (unpaired) electrons. The van der Waals surface area contributed by atoms with E-state index in [1.165, 1.54) is 13.2 Å². The molecule has 1 atom stereocenters. The Hall–Kier alpha value is -2.02. The molecule has 2 aromatic carbocycles. The van der Waals surface area contributed by atoms with E-state index in [0.29, 0.717) is 9.54 Å². The van der Waals surface area contributed by atoms with Crippen molar-refractivity contribution in [1.29, 1.82) is 0 Å². The third-order valence-electron chi connectivity index (χ3n) is 3.60. The van der Waals surface area contributed by atoms with Crippen molar-refractivity contribution in [3.05, 3.63) is 69.7 Å². The highest BCUT2D eigenvalue weighted by atomic mass is 79.9. The van der Waals surface area contributed by atoms with Gasteiger partial charge in [0.05, 0.1) is 12.7 Å². The van der Waals surface area contributed by atoms with Crippen molar-refractivity contribution >= 4 is 27.6 Å². The molecule has 0 spiro atoms. The van der Waals surface area contributed by atoms with Crippen molar-refractivity contribution in [3.63, 3.8) is 0 Å². The summed E-state index contributed by atoms with van der Waals surface area (Å²) in [6.45, 7) is 0. The number of hydroxylamine groups is 2. The van der Waals surface area contributed by atoms with Crippen molar-refractivity contribution in [1.82, 2.24) is 5.06 Å². The zero-order chi connectivity index (χ0) is 15.9. The molecule has 6 heteroatoms. The number of amides is 1. The predicted molar refractivity (Wildman–Crippen MR) is 82.0 cm³/mol. The van der Waals surface area contributed by atoms with E-state index in [0.717, 1.165) is 0 Å². The Morgan fingerprint density at radius 2 is 1.91 bits per heavy atom. The van der Waals surface area contributed by atoms with Gasteiger partial charge >= 0.3 is 0 Å². The lowest BCUT2D eigenvalue weighted by Crippen LogP contribution is -2.49. The van der Waals surface area contributed by atoms with Crippen LogP contribution >= 0.6 is 15.9 Å². The number of halogens is 1. The summed E-state index contributed by atoms with van der Waals surface area (Å²) in [5, 5.41) is 11.7. The van der Waals surface area contributed by atoms with Gasteiger partial charge in [0, 0.05) is 15.6 Å². The molecule has 0 saturated carbocycles. The molecule has 1 aliphatic rings. The molecule has 112 valence electrons. The highest BCUT2D eigenvalue weighted by Gasteiger charge is 2.55. The molecule has 5 nitrogen and oxygen atoms in total. The van der Waals surface area contributed by atoms with E-state index in [4.69, 9.17) is 4.84 Å². The van der Waals surface area contributed by atoms with Crippen LogP contribution in [-0.2, 0) is 10.6 Å². The average molecular weight is 362 g/mol. The third-order valence-corrected chi connectivity index (χ3v) is 4.09. The lowest BCUT2D eigenvalue weighted by atomic mass is 9.93. The molecule has 22 heavy (non-hydrogen) atoms. The van der Waals surface area contributed by atoms with Crippen LogP contribution in [0, 0.1) is 0 Å². The Labute approximate surface area is 135 Å². The summed E-state index contributed by atoms with van der Waals surface area (Å²) in [6, 6.07) is 13.1. The molecule has 0 bridgehead atoms. The van der Waals surface area contributed by atoms with Crippen LogP contribution in [0.1, 0.15) is 26.3 Å². The molecule has 0 aromatic heterocycles. The summed E-state index contributed by atoms with van der Waals surface area (Å²) in [4.78, 5) is 30.2. The van der Waals surface area contributed by atoms with Crippen LogP contribution in [0.4, 0.5) is 0 Å². The first kappa shape index (κ1) is 14.9. The van der Waals surface area contributed by atoms with Crippen LogP contribution < -0.4 is 0 Å². The molecule has 1 unspecified atom stereocenters. The van der Waals surface area contributed by atoms with Crippen molar-refractivity contribution in [2.75, 3.05) is 7.11 Å². The molecule has 1 heterocycles. The van der Waals surface area contributed by atoms with Crippen molar-refractivity contribution in [2.45, 2.75) is 5.72 Å². The molecule has 3 rings (SSSR count). The number of ketones is 1. The van der Waals surface area contributed by atoms with E-state index >= 15 is 0 Å². The Balaban J connectivity index is 2.20. The summed E-state index contributed by atoms with van der Waals surface area (Å²) >= 11 is 3.28. The first-order chi connectivity index (χ1) is 10.5. The van der Waals surface area contributed by atoms with Gasteiger partial charge in [-0.15, -0.1) is 0 Å². The Kier molecular flexibility index (Phi) is 3.60. The number of Topliss-reactive ketones (excluding diaryl/α,β-unsaturated/α-hetero) is 1. The summed E-state index contributed by atoms with van der Waals surface area (Å²) in [6.07, 6.45) is 0. The number of benzene rings is 2. The molecular weight excluding hydrogens is 350 g/mol. The molecular formula is C16H12BrNO4. The lowest BCUT2D eigenvalue weighted by molar-refractivity contribution is -0.217. The summed E-state index contributed by atoms with van der Waals surface area (Å²) in [7, 11) is 1.24. The number of rotatable bonds is 3. The van der Waals surface area contributed by atoms with Crippen LogP contribution in [0.15, 0.2) is 53.0 Å². The lowest BCUT2D eigenvalue weighted by Gasteiger charge is -2.30. The third kappa shape index (κ3) is 1.99. The number of fused-ring (bicyclic) bond motifs is 1. The maximum absolute atomic E-state index is 12.8. The first-order valence-electron chi connectivity index (χ1n) is 6.51. The van der Waals surface area contributed by atoms with Gasteiger partial charge in [-0.05, 0) is 12.1 Å². The summed E-state index contributed by atoms with van der Waals surface area (Å²) in [5.74, 6) is -1.19. The maximum atomic E-state index is 12.8. The fourth-order valence-corrected chi connectivity index (χ4v) is 2.94. The van der Waals surface area contributed by atoms with E-state index in [-0.39, 0.29) is 16.7 Å². The van der Waals surface area contributed by atoms with E-state index in [2.05, 4.69) is 15.9 Å². The second-order valence-electron chi connectivity index (χ2n) is 4.84. The number of aliphatic hydroxyl groups is 1. The largest absolute Gasteiger partial charge is 0.359 e. The van der Waals surface area contributed by atoms with Gasteiger partial charge in [-0.2, -0.15) is 5.06 Å². The number of carbonyl (C=O) groups is 2. The normalized spacial score (nSPS) is 20.1. The molecule has 1 N–H and O–H groups in total. The van der Waals surface area contributed by atoms with Gasteiger partial charge in [0.25, 0.3) is 11.6 Å². The molecule has 0 aliphatic carbocycles. The molecule has 0 saturated heterocycles. The first-order valence-corrected chi connectivity index (χ1v) is 7.30. The maximum Gasteiger partial charge on any atom is 0.281 e. The minimum absolute atomic E-state index is 0.205. The smallest absolute Gasteiger partial charge is 0.281 e. The van der Waals surface area contributed by atoms with Crippen molar-refractivity contribution < 1.29 is 19.5 Å². The fraction of sp³-hybridized carbons (Fsp3) is 0.125. The van der Waals surface area contributed by atoms with Crippen LogP contribution in [0.25, 0.3) is 0 Å². The molecule has 1 amide bonds. The Bertz CT molecular complexity index is 762. The second kappa shape index (κ2) is 5.31. The van der Waals surface area contributed by atoms with Gasteiger partial charge in [-0.3, -0.25) is 14.4 Å². The molecule has 1 aliphatic heterocycles. The van der Waals surface area contributed by atoms with Gasteiger partial charge in [-0.25, -0.2) is 0 Å². The Morgan fingerprint density at radius 1 is 1.23 bits per heavy atom. The summed E-state index contributed by atoms with van der Waals surface area (Å²) in [5.41, 5.74) is -1.46. The zero-order valence-corrected chi connectivity index (χ0v) is 13.2. The predicted octanol–water partition coefficient (Wildman–Crippen LogP) is 2.49. The minimum atomic E-state index is -2.18. The monoisotopic (exact) mass is 361 g/mol. The number of hydrogen-bond acceptors (Lipinski definition) is 4. The molecule has 0 fully saturated rings. The van der Waals surface area contributed by atoms with Crippen LogP contribution in [0.2, 0.25) is 0 Å². The van der Waals surface area contributed by atoms with Gasteiger partial charge in [-0.1, -0.05) is 52.3 Å². The highest BCUT2D eigenvalue weighted by molar-refractivity contribution is 9.10. The van der Waals surface area contributed by atoms with Crippen LogP contribution in [0.3, 0.4) is 0 Å². The van der Waals surface area contributed by atoms with Gasteiger partial charge in [0.1, 0.15) is 0 Å². The quantitative estimate of drug-likeness (QED) is 0.852. The van der Waals surface area contributed by atoms with Crippen LogP contribution in [0.5, 0.6) is 0 Å². The van der Waals surface area contributed by atoms with E-state index < -0.39 is 17.4 Å². The zero-order valence-electron chi connectivity index (χ0n) is 11.6. The Morgan fingerprint density at radius 3 is 2.55 bits per heavy atom. The van der Waals surface area contributed by atoms with Gasteiger partial charge < -0.3 is 5.11 Å². The number of carbonyl (C=O) groups excluding carboxylic acids is 2. The molecule has 2 aromatic rings.